The van der Waals surface area contributed by atoms with Crippen LogP contribution in [0, 0.1) is 0 Å². The summed E-state index contributed by atoms with van der Waals surface area (Å²) in [6, 6.07) is 0. The minimum atomic E-state index is -0.709. The van der Waals surface area contributed by atoms with E-state index in [9.17, 15) is 9.59 Å². The first-order valence-corrected chi connectivity index (χ1v) is 5.07. The number of halogens is 1. The van der Waals surface area contributed by atoms with E-state index in [1.807, 2.05) is 0 Å². The largest absolute Gasteiger partial charge is 0.468 e. The predicted molar refractivity (Wildman–Crippen MR) is 51.0 cm³/mol. The van der Waals surface area contributed by atoms with Gasteiger partial charge in [-0.05, 0) is 0 Å². The number of hydrogen-bond donors (Lipinski definition) is 0. The maximum Gasteiger partial charge on any atom is 0.324 e. The molecule has 0 bridgehead atoms. The van der Waals surface area contributed by atoms with Gasteiger partial charge in [0.15, 0.2) is 0 Å². The van der Waals surface area contributed by atoms with Crippen LogP contribution < -0.4 is 0 Å². The van der Waals surface area contributed by atoms with E-state index < -0.39 is 11.3 Å². The van der Waals surface area contributed by atoms with Crippen molar-refractivity contribution in [1.82, 2.24) is 0 Å². The summed E-state index contributed by atoms with van der Waals surface area (Å²) in [7, 11) is 2.57. The third kappa shape index (κ3) is 5.76. The monoisotopic (exact) mass is 226 g/mol. The van der Waals surface area contributed by atoms with E-state index in [1.54, 1.807) is 0 Å². The average molecular weight is 227 g/mol. The van der Waals surface area contributed by atoms with E-state index in [-0.39, 0.29) is 11.7 Å². The van der Waals surface area contributed by atoms with Gasteiger partial charge in [0.25, 0.3) is 0 Å². The molecule has 0 heterocycles. The van der Waals surface area contributed by atoms with Crippen LogP contribution in [0.25, 0.3) is 0 Å². The number of thioether (sulfide) groups is 1. The van der Waals surface area contributed by atoms with Gasteiger partial charge < -0.3 is 9.47 Å². The van der Waals surface area contributed by atoms with Crippen LogP contribution in [0.15, 0.2) is 0 Å². The molecule has 76 valence electrons. The van der Waals surface area contributed by atoms with Crippen molar-refractivity contribution in [2.75, 3.05) is 25.7 Å². The molecule has 0 aliphatic carbocycles. The van der Waals surface area contributed by atoms with Crippen molar-refractivity contribution in [3.8, 4) is 0 Å². The Bertz CT molecular complexity index is 185. The second-order valence-electron chi connectivity index (χ2n) is 2.08. The van der Waals surface area contributed by atoms with E-state index >= 15 is 0 Å². The molecule has 0 amide bonds. The fraction of sp³-hybridized carbons (Fsp3) is 0.714. The number of esters is 2. The molecule has 13 heavy (non-hydrogen) atoms. The first-order chi connectivity index (χ1) is 6.11. The first kappa shape index (κ1) is 12.6. The van der Waals surface area contributed by atoms with Crippen LogP contribution in [0.5, 0.6) is 0 Å². The summed E-state index contributed by atoms with van der Waals surface area (Å²) < 4.78 is 8.80. The van der Waals surface area contributed by atoms with Crippen molar-refractivity contribution >= 4 is 35.3 Å². The molecule has 0 saturated carbocycles. The number of ether oxygens (including phenoxy) is 2. The highest BCUT2D eigenvalue weighted by Gasteiger charge is 2.15. The summed E-state index contributed by atoms with van der Waals surface area (Å²) in [4.78, 5) is 21.4. The Labute approximate surface area is 85.9 Å². The zero-order valence-corrected chi connectivity index (χ0v) is 8.98. The quantitative estimate of drug-likeness (QED) is 0.510. The van der Waals surface area contributed by atoms with E-state index in [0.717, 1.165) is 0 Å². The van der Waals surface area contributed by atoms with Crippen molar-refractivity contribution in [3.05, 3.63) is 0 Å². The molecule has 4 nitrogen and oxygen atoms in total. The van der Waals surface area contributed by atoms with E-state index in [2.05, 4.69) is 9.47 Å². The normalized spacial score (nSPS) is 11.9. The number of rotatable bonds is 5. The Morgan fingerprint density at radius 1 is 1.38 bits per heavy atom. The Hall–Kier alpha value is -0.420. The summed E-state index contributed by atoms with van der Waals surface area (Å²) in [5.74, 6) is -0.294. The summed E-state index contributed by atoms with van der Waals surface area (Å²) >= 11 is 6.84. The molecule has 0 aliphatic heterocycles. The SMILES string of the molecule is COC(=O)CSCC(Cl)C(=O)OC. The maximum atomic E-state index is 10.8. The number of carbonyl (C=O) groups is 2. The van der Waals surface area contributed by atoms with Gasteiger partial charge in [0.2, 0.25) is 0 Å². The van der Waals surface area contributed by atoms with Crippen LogP contribution in [0.1, 0.15) is 0 Å². The van der Waals surface area contributed by atoms with Crippen LogP contribution in [0.4, 0.5) is 0 Å². The van der Waals surface area contributed by atoms with E-state index in [1.165, 1.54) is 26.0 Å². The third-order valence-corrected chi connectivity index (χ3v) is 2.69. The predicted octanol–water partition coefficient (Wildman–Crippen LogP) is 0.673. The van der Waals surface area contributed by atoms with Crippen molar-refractivity contribution < 1.29 is 19.1 Å². The molecule has 0 aromatic carbocycles. The van der Waals surface area contributed by atoms with Crippen molar-refractivity contribution in [3.63, 3.8) is 0 Å². The number of methoxy groups -OCH3 is 2. The molecule has 0 spiro atoms. The van der Waals surface area contributed by atoms with Crippen molar-refractivity contribution in [1.29, 1.82) is 0 Å². The summed E-state index contributed by atoms with van der Waals surface area (Å²) in [6.45, 7) is 0. The van der Waals surface area contributed by atoms with E-state index in [0.29, 0.717) is 5.75 Å². The second-order valence-corrected chi connectivity index (χ2v) is 3.64. The molecule has 0 aliphatic rings. The van der Waals surface area contributed by atoms with Gasteiger partial charge in [-0.1, -0.05) is 0 Å². The fourth-order valence-corrected chi connectivity index (χ4v) is 1.60. The molecule has 0 fully saturated rings. The second kappa shape index (κ2) is 7.03. The summed E-state index contributed by atoms with van der Waals surface area (Å²) in [6.07, 6.45) is 0. The number of alkyl halides is 1. The van der Waals surface area contributed by atoms with Crippen LogP contribution in [0.3, 0.4) is 0 Å². The molecule has 0 rings (SSSR count). The van der Waals surface area contributed by atoms with Gasteiger partial charge in [0.1, 0.15) is 5.38 Å². The van der Waals surface area contributed by atoms with Crippen LogP contribution in [-0.4, -0.2) is 43.0 Å². The lowest BCUT2D eigenvalue weighted by atomic mass is 10.5. The van der Waals surface area contributed by atoms with Gasteiger partial charge in [-0.15, -0.1) is 23.4 Å². The van der Waals surface area contributed by atoms with Gasteiger partial charge in [-0.3, -0.25) is 9.59 Å². The molecule has 1 unspecified atom stereocenters. The molecule has 6 heteroatoms. The highest BCUT2D eigenvalue weighted by atomic mass is 35.5. The highest BCUT2D eigenvalue weighted by molar-refractivity contribution is 8.00. The third-order valence-electron chi connectivity index (χ3n) is 1.17. The van der Waals surface area contributed by atoms with Gasteiger partial charge in [0.05, 0.1) is 20.0 Å². The molecular weight excluding hydrogens is 216 g/mol. The van der Waals surface area contributed by atoms with Gasteiger partial charge in [-0.25, -0.2) is 0 Å². The standard InChI is InChI=1S/C7H11ClO4S/c1-11-6(9)4-13-3-5(8)7(10)12-2/h5H,3-4H2,1-2H3. The highest BCUT2D eigenvalue weighted by Crippen LogP contribution is 2.09. The molecule has 1 atom stereocenters. The lowest BCUT2D eigenvalue weighted by molar-refractivity contribution is -0.140. The Balaban J connectivity index is 3.53. The molecule has 0 aromatic heterocycles. The smallest absolute Gasteiger partial charge is 0.324 e. The zero-order chi connectivity index (χ0) is 10.3. The Morgan fingerprint density at radius 3 is 2.46 bits per heavy atom. The van der Waals surface area contributed by atoms with Crippen LogP contribution >= 0.6 is 23.4 Å². The topological polar surface area (TPSA) is 52.6 Å². The molecule has 0 N–H and O–H groups in total. The minimum absolute atomic E-state index is 0.191. The first-order valence-electron chi connectivity index (χ1n) is 3.48. The lowest BCUT2D eigenvalue weighted by Crippen LogP contribution is -2.19. The number of carbonyl (C=O) groups excluding carboxylic acids is 2. The van der Waals surface area contributed by atoms with Gasteiger partial charge in [-0.2, -0.15) is 0 Å². The van der Waals surface area contributed by atoms with Gasteiger partial charge in [0, 0.05) is 5.75 Å². The molecule has 0 radical (unpaired) electrons. The lowest BCUT2D eigenvalue weighted by Gasteiger charge is -2.05. The number of hydrogen-bond acceptors (Lipinski definition) is 5. The average Bonchev–Trinajstić information content (AvgIpc) is 2.15. The summed E-state index contributed by atoms with van der Waals surface area (Å²) in [5, 5.41) is -0.709. The van der Waals surface area contributed by atoms with Crippen LogP contribution in [-0.2, 0) is 19.1 Å². The fourth-order valence-electron chi connectivity index (χ4n) is 0.501. The Kier molecular flexibility index (Phi) is 6.80. The van der Waals surface area contributed by atoms with Crippen molar-refractivity contribution in [2.45, 2.75) is 5.38 Å². The molecule has 0 aromatic rings. The van der Waals surface area contributed by atoms with Crippen molar-refractivity contribution in [2.24, 2.45) is 0 Å². The van der Waals surface area contributed by atoms with Crippen LogP contribution in [0.2, 0.25) is 0 Å². The molecular formula is C7H11ClO4S. The molecule has 0 saturated heterocycles. The maximum absolute atomic E-state index is 10.8. The minimum Gasteiger partial charge on any atom is -0.468 e. The summed E-state index contributed by atoms with van der Waals surface area (Å²) in [5.41, 5.74) is 0. The zero-order valence-electron chi connectivity index (χ0n) is 7.41. The van der Waals surface area contributed by atoms with Gasteiger partial charge >= 0.3 is 11.9 Å². The Morgan fingerprint density at radius 2 is 2.00 bits per heavy atom. The van der Waals surface area contributed by atoms with E-state index in [4.69, 9.17) is 11.6 Å².